The van der Waals surface area contributed by atoms with Crippen LogP contribution in [0, 0.1) is 0 Å². The average Bonchev–Trinajstić information content (AvgIpc) is 2.48. The number of carbonyl (C=O) groups excluding carboxylic acids is 2. The molecule has 0 bridgehead atoms. The molecule has 0 fully saturated rings. The van der Waals surface area contributed by atoms with E-state index in [1.807, 2.05) is 24.5 Å². The highest BCUT2D eigenvalue weighted by atomic mass is 33.1. The lowest BCUT2D eigenvalue weighted by molar-refractivity contribution is -0.120. The fraction of sp³-hybridized carbons (Fsp3) is 0.500. The summed E-state index contributed by atoms with van der Waals surface area (Å²) in [4.78, 5) is 25.7. The van der Waals surface area contributed by atoms with Gasteiger partial charge in [-0.05, 0) is 35.8 Å². The Kier molecular flexibility index (Phi) is 10.0. The Balaban J connectivity index is 1.94. The number of hydrogen-bond donors (Lipinski definition) is 1. The number of carbonyl (C=O) groups is 1. The molecule has 0 aliphatic rings. The van der Waals surface area contributed by atoms with Gasteiger partial charge in [0.15, 0.2) is 6.29 Å². The van der Waals surface area contributed by atoms with Crippen LogP contribution in [0.2, 0.25) is 0 Å². The molecule has 0 saturated heterocycles. The second kappa shape index (κ2) is 11.8. The number of nitrogens with zero attached hydrogens (tertiary/aromatic N) is 1. The molecule has 0 aliphatic heterocycles. The maximum Gasteiger partial charge on any atom is 0.220 e. The van der Waals surface area contributed by atoms with Gasteiger partial charge in [-0.25, -0.2) is 4.98 Å². The van der Waals surface area contributed by atoms with E-state index in [0.29, 0.717) is 19.4 Å². The van der Waals surface area contributed by atoms with Gasteiger partial charge in [0.05, 0.1) is 0 Å². The van der Waals surface area contributed by atoms with E-state index in [0.717, 1.165) is 30.0 Å². The van der Waals surface area contributed by atoms with Crippen LogP contribution < -0.4 is 5.32 Å². The summed E-state index contributed by atoms with van der Waals surface area (Å²) in [6, 6.07) is 5.79. The maximum atomic E-state index is 11.5. The molecule has 0 unspecified atom stereocenters. The van der Waals surface area contributed by atoms with Crippen molar-refractivity contribution >= 4 is 33.8 Å². The van der Waals surface area contributed by atoms with Crippen molar-refractivity contribution in [2.45, 2.75) is 37.1 Å². The quantitative estimate of drug-likeness (QED) is 0.503. The molecule has 1 N–H and O–H groups in total. The highest BCUT2D eigenvalue weighted by Gasteiger charge is 2.01. The van der Waals surface area contributed by atoms with Crippen LogP contribution in [0.15, 0.2) is 29.4 Å². The predicted molar refractivity (Wildman–Crippen MR) is 84.3 cm³/mol. The SMILES string of the molecule is O=[C]CCCCCNC(=O)CCSSc1ccccn1. The molecule has 20 heavy (non-hydrogen) atoms. The zero-order chi connectivity index (χ0) is 14.5. The first-order valence-corrected chi connectivity index (χ1v) is 8.97. The highest BCUT2D eigenvalue weighted by molar-refractivity contribution is 8.76. The van der Waals surface area contributed by atoms with Crippen molar-refractivity contribution in [3.8, 4) is 0 Å². The van der Waals surface area contributed by atoms with Gasteiger partial charge in [0, 0.05) is 31.3 Å². The van der Waals surface area contributed by atoms with E-state index in [9.17, 15) is 9.59 Å². The molecule has 1 radical (unpaired) electrons. The van der Waals surface area contributed by atoms with Crippen LogP contribution in [-0.4, -0.2) is 29.5 Å². The Morgan fingerprint density at radius 3 is 2.95 bits per heavy atom. The van der Waals surface area contributed by atoms with E-state index in [2.05, 4.69) is 10.3 Å². The van der Waals surface area contributed by atoms with E-state index in [-0.39, 0.29) is 5.91 Å². The summed E-state index contributed by atoms with van der Waals surface area (Å²) in [6.07, 6.45) is 7.38. The Labute approximate surface area is 127 Å². The van der Waals surface area contributed by atoms with Crippen molar-refractivity contribution in [1.82, 2.24) is 10.3 Å². The third-order valence-corrected chi connectivity index (χ3v) is 4.74. The van der Waals surface area contributed by atoms with Crippen molar-refractivity contribution in [2.75, 3.05) is 12.3 Å². The van der Waals surface area contributed by atoms with Gasteiger partial charge in [0.2, 0.25) is 5.91 Å². The van der Waals surface area contributed by atoms with Crippen LogP contribution in [0.25, 0.3) is 0 Å². The third kappa shape index (κ3) is 8.98. The standard InChI is InChI=1S/C14H19N2O2S2/c17-11-6-2-1-4-9-15-13(18)8-12-19-20-14-7-3-5-10-16-14/h3,5,7,10H,1-2,4,6,8-9,12H2,(H,15,18). The summed E-state index contributed by atoms with van der Waals surface area (Å²) in [5.41, 5.74) is 0. The zero-order valence-corrected chi connectivity index (χ0v) is 13.0. The number of amides is 1. The number of rotatable bonds is 11. The molecular weight excluding hydrogens is 292 g/mol. The largest absolute Gasteiger partial charge is 0.356 e. The van der Waals surface area contributed by atoms with Crippen molar-refractivity contribution in [3.63, 3.8) is 0 Å². The molecule has 0 atom stereocenters. The van der Waals surface area contributed by atoms with Crippen molar-refractivity contribution < 1.29 is 9.59 Å². The lowest BCUT2D eigenvalue weighted by Crippen LogP contribution is -2.24. The van der Waals surface area contributed by atoms with Gasteiger partial charge in [-0.15, -0.1) is 0 Å². The Hall–Kier alpha value is -1.01. The highest BCUT2D eigenvalue weighted by Crippen LogP contribution is 2.29. The lowest BCUT2D eigenvalue weighted by Gasteiger charge is -2.04. The second-order valence-corrected chi connectivity index (χ2v) is 6.56. The molecule has 6 heteroatoms. The summed E-state index contributed by atoms with van der Waals surface area (Å²) in [5, 5.41) is 3.85. The number of pyridine rings is 1. The molecule has 1 aromatic heterocycles. The number of hydrogen-bond acceptors (Lipinski definition) is 5. The molecular formula is C14H19N2O2S2. The van der Waals surface area contributed by atoms with Gasteiger partial charge in [0.1, 0.15) is 5.03 Å². The van der Waals surface area contributed by atoms with Gasteiger partial charge in [0.25, 0.3) is 0 Å². The summed E-state index contributed by atoms with van der Waals surface area (Å²) < 4.78 is 0. The summed E-state index contributed by atoms with van der Waals surface area (Å²) in [7, 11) is 3.22. The van der Waals surface area contributed by atoms with Crippen LogP contribution in [0.4, 0.5) is 0 Å². The lowest BCUT2D eigenvalue weighted by atomic mass is 10.2. The van der Waals surface area contributed by atoms with Gasteiger partial charge in [-0.1, -0.05) is 23.3 Å². The molecule has 4 nitrogen and oxygen atoms in total. The van der Waals surface area contributed by atoms with Crippen LogP contribution in [0.3, 0.4) is 0 Å². The molecule has 1 heterocycles. The fourth-order valence-electron chi connectivity index (χ4n) is 1.45. The fourth-order valence-corrected chi connectivity index (χ4v) is 3.32. The van der Waals surface area contributed by atoms with Crippen molar-refractivity contribution in [2.24, 2.45) is 0 Å². The minimum atomic E-state index is 0.0843. The smallest absolute Gasteiger partial charge is 0.220 e. The van der Waals surface area contributed by atoms with E-state index < -0.39 is 0 Å². The van der Waals surface area contributed by atoms with Crippen LogP contribution in [-0.2, 0) is 9.59 Å². The summed E-state index contributed by atoms with van der Waals surface area (Å²) in [5.74, 6) is 0.855. The van der Waals surface area contributed by atoms with E-state index in [1.54, 1.807) is 27.8 Å². The van der Waals surface area contributed by atoms with Crippen LogP contribution in [0.1, 0.15) is 32.1 Å². The first kappa shape index (κ1) is 17.0. The molecule has 0 aliphatic carbocycles. The first-order valence-electron chi connectivity index (χ1n) is 6.65. The Bertz CT molecular complexity index is 388. The first-order chi connectivity index (χ1) is 9.83. The van der Waals surface area contributed by atoms with Gasteiger partial charge >= 0.3 is 0 Å². The normalized spacial score (nSPS) is 10.2. The van der Waals surface area contributed by atoms with Crippen molar-refractivity contribution in [3.05, 3.63) is 24.4 Å². The van der Waals surface area contributed by atoms with E-state index in [1.165, 1.54) is 0 Å². The molecule has 1 amide bonds. The van der Waals surface area contributed by atoms with E-state index in [4.69, 9.17) is 0 Å². The van der Waals surface area contributed by atoms with Gasteiger partial charge in [-0.3, -0.25) is 9.59 Å². The minimum Gasteiger partial charge on any atom is -0.356 e. The molecule has 0 aromatic carbocycles. The molecule has 0 saturated carbocycles. The molecule has 1 rings (SSSR count). The second-order valence-electron chi connectivity index (χ2n) is 4.13. The number of unbranched alkanes of at least 4 members (excludes halogenated alkanes) is 3. The Morgan fingerprint density at radius 2 is 2.20 bits per heavy atom. The third-order valence-electron chi connectivity index (χ3n) is 2.47. The zero-order valence-electron chi connectivity index (χ0n) is 11.3. The number of aromatic nitrogens is 1. The summed E-state index contributed by atoms with van der Waals surface area (Å²) in [6.45, 7) is 0.690. The average molecular weight is 311 g/mol. The molecule has 109 valence electrons. The number of nitrogens with one attached hydrogen (secondary N) is 1. The predicted octanol–water partition coefficient (Wildman–Crippen LogP) is 3.00. The van der Waals surface area contributed by atoms with E-state index >= 15 is 0 Å². The van der Waals surface area contributed by atoms with Crippen LogP contribution in [0.5, 0.6) is 0 Å². The molecule has 1 aromatic rings. The van der Waals surface area contributed by atoms with Gasteiger partial charge < -0.3 is 5.32 Å². The van der Waals surface area contributed by atoms with Gasteiger partial charge in [-0.2, -0.15) is 0 Å². The monoisotopic (exact) mass is 311 g/mol. The van der Waals surface area contributed by atoms with Crippen LogP contribution >= 0.6 is 21.6 Å². The maximum absolute atomic E-state index is 11.5. The van der Waals surface area contributed by atoms with Crippen molar-refractivity contribution in [1.29, 1.82) is 0 Å². The topological polar surface area (TPSA) is 59.1 Å². The Morgan fingerprint density at radius 1 is 1.30 bits per heavy atom. The summed E-state index contributed by atoms with van der Waals surface area (Å²) >= 11 is 0. The minimum absolute atomic E-state index is 0.0843. The molecule has 0 spiro atoms.